The summed E-state index contributed by atoms with van der Waals surface area (Å²) in [6, 6.07) is 5.85. The minimum Gasteiger partial charge on any atom is -0.493 e. The number of thiazole rings is 1. The van der Waals surface area contributed by atoms with E-state index in [2.05, 4.69) is 11.9 Å². The zero-order valence-corrected chi connectivity index (χ0v) is 12.6. The molecule has 0 bridgehead atoms. The van der Waals surface area contributed by atoms with Gasteiger partial charge in [-0.1, -0.05) is 6.92 Å². The number of alkyl halides is 1. The van der Waals surface area contributed by atoms with Gasteiger partial charge in [0.2, 0.25) is 0 Å². The van der Waals surface area contributed by atoms with Gasteiger partial charge in [0.05, 0.1) is 25.3 Å². The maximum atomic E-state index is 5.77. The van der Waals surface area contributed by atoms with Crippen LogP contribution in [0.25, 0.3) is 10.6 Å². The molecule has 0 unspecified atom stereocenters. The molecule has 1 aromatic carbocycles. The summed E-state index contributed by atoms with van der Waals surface area (Å²) < 4.78 is 11.0. The van der Waals surface area contributed by atoms with Crippen LogP contribution in [0.15, 0.2) is 23.6 Å². The summed E-state index contributed by atoms with van der Waals surface area (Å²) in [4.78, 5) is 4.47. The smallest absolute Gasteiger partial charge is 0.161 e. The number of rotatable bonds is 6. The molecule has 2 rings (SSSR count). The summed E-state index contributed by atoms with van der Waals surface area (Å²) >= 11 is 7.36. The average Bonchev–Trinajstić information content (AvgIpc) is 2.93. The van der Waals surface area contributed by atoms with Crippen molar-refractivity contribution in [3.63, 3.8) is 0 Å². The van der Waals surface area contributed by atoms with Crippen molar-refractivity contribution in [1.82, 2.24) is 4.98 Å². The van der Waals surface area contributed by atoms with Gasteiger partial charge in [0.25, 0.3) is 0 Å². The second-order valence-corrected chi connectivity index (χ2v) is 5.12. The van der Waals surface area contributed by atoms with Gasteiger partial charge in [-0.2, -0.15) is 0 Å². The number of hydrogen-bond donors (Lipinski definition) is 0. The van der Waals surface area contributed by atoms with Crippen LogP contribution in [0.2, 0.25) is 0 Å². The Kier molecular flexibility index (Phi) is 5.05. The molecule has 19 heavy (non-hydrogen) atoms. The van der Waals surface area contributed by atoms with Gasteiger partial charge >= 0.3 is 0 Å². The van der Waals surface area contributed by atoms with E-state index in [0.29, 0.717) is 12.5 Å². The standard InChI is InChI=1S/C14H16ClNO2S/c1-3-6-18-13-7-10(4-5-12(13)17-2)14-16-11(8-15)9-19-14/h4-5,7,9H,3,6,8H2,1-2H3. The summed E-state index contributed by atoms with van der Waals surface area (Å²) in [5.41, 5.74) is 1.92. The maximum Gasteiger partial charge on any atom is 0.161 e. The highest BCUT2D eigenvalue weighted by atomic mass is 35.5. The summed E-state index contributed by atoms with van der Waals surface area (Å²) in [5, 5.41) is 2.92. The van der Waals surface area contributed by atoms with Crippen molar-refractivity contribution >= 4 is 22.9 Å². The molecule has 1 aromatic heterocycles. The summed E-state index contributed by atoms with van der Waals surface area (Å²) in [6.07, 6.45) is 0.959. The van der Waals surface area contributed by atoms with E-state index in [-0.39, 0.29) is 0 Å². The molecule has 0 aliphatic heterocycles. The number of benzene rings is 1. The molecule has 0 N–H and O–H groups in total. The summed E-state index contributed by atoms with van der Waals surface area (Å²) in [6.45, 7) is 2.74. The second-order valence-electron chi connectivity index (χ2n) is 3.99. The van der Waals surface area contributed by atoms with Crippen molar-refractivity contribution in [2.24, 2.45) is 0 Å². The Balaban J connectivity index is 2.30. The molecule has 0 amide bonds. The third-order valence-corrected chi connectivity index (χ3v) is 3.77. The summed E-state index contributed by atoms with van der Waals surface area (Å²) in [7, 11) is 1.64. The van der Waals surface area contributed by atoms with Gasteiger partial charge in [-0.15, -0.1) is 22.9 Å². The predicted molar refractivity (Wildman–Crippen MR) is 79.4 cm³/mol. The Hall–Kier alpha value is -1.26. The molecular weight excluding hydrogens is 282 g/mol. The van der Waals surface area contributed by atoms with Crippen molar-refractivity contribution in [3.8, 4) is 22.1 Å². The van der Waals surface area contributed by atoms with Gasteiger partial charge in [0.1, 0.15) is 5.01 Å². The van der Waals surface area contributed by atoms with Crippen LogP contribution < -0.4 is 9.47 Å². The lowest BCUT2D eigenvalue weighted by molar-refractivity contribution is 0.294. The molecule has 0 radical (unpaired) electrons. The minimum absolute atomic E-state index is 0.436. The Morgan fingerprint density at radius 1 is 1.32 bits per heavy atom. The van der Waals surface area contributed by atoms with Gasteiger partial charge < -0.3 is 9.47 Å². The molecule has 1 heterocycles. The van der Waals surface area contributed by atoms with Crippen LogP contribution >= 0.6 is 22.9 Å². The van der Waals surface area contributed by atoms with Crippen molar-refractivity contribution in [1.29, 1.82) is 0 Å². The topological polar surface area (TPSA) is 31.4 Å². The Morgan fingerprint density at radius 2 is 2.16 bits per heavy atom. The number of ether oxygens (including phenoxy) is 2. The predicted octanol–water partition coefficient (Wildman–Crippen LogP) is 4.35. The number of hydrogen-bond acceptors (Lipinski definition) is 4. The molecule has 0 atom stereocenters. The first kappa shape index (κ1) is 14.2. The molecule has 5 heteroatoms. The van der Waals surface area contributed by atoms with Gasteiger partial charge in [-0.25, -0.2) is 4.98 Å². The zero-order valence-electron chi connectivity index (χ0n) is 11.0. The Morgan fingerprint density at radius 3 is 2.79 bits per heavy atom. The van der Waals surface area contributed by atoms with Crippen molar-refractivity contribution < 1.29 is 9.47 Å². The fourth-order valence-electron chi connectivity index (χ4n) is 1.64. The normalized spacial score (nSPS) is 10.5. The van der Waals surface area contributed by atoms with E-state index in [4.69, 9.17) is 21.1 Å². The van der Waals surface area contributed by atoms with Crippen LogP contribution in [0.4, 0.5) is 0 Å². The van der Waals surface area contributed by atoms with Crippen molar-refractivity contribution in [2.45, 2.75) is 19.2 Å². The summed E-state index contributed by atoms with van der Waals surface area (Å²) in [5.74, 6) is 1.93. The molecule has 0 spiro atoms. The Bertz CT molecular complexity index is 542. The fourth-order valence-corrected chi connectivity index (χ4v) is 2.68. The zero-order chi connectivity index (χ0) is 13.7. The number of methoxy groups -OCH3 is 1. The van der Waals surface area contributed by atoms with Crippen LogP contribution in [-0.2, 0) is 5.88 Å². The molecule has 102 valence electrons. The third-order valence-electron chi connectivity index (χ3n) is 2.56. The number of halogens is 1. The van der Waals surface area contributed by atoms with E-state index >= 15 is 0 Å². The Labute approximate surface area is 122 Å². The van der Waals surface area contributed by atoms with Gasteiger partial charge in [-0.3, -0.25) is 0 Å². The second kappa shape index (κ2) is 6.78. The van der Waals surface area contributed by atoms with E-state index in [1.54, 1.807) is 18.4 Å². The number of nitrogens with zero attached hydrogens (tertiary/aromatic N) is 1. The molecular formula is C14H16ClNO2S. The van der Waals surface area contributed by atoms with E-state index in [0.717, 1.165) is 34.2 Å². The van der Waals surface area contributed by atoms with Crippen LogP contribution in [0.5, 0.6) is 11.5 Å². The molecule has 0 saturated heterocycles. The van der Waals surface area contributed by atoms with Gasteiger partial charge in [0.15, 0.2) is 11.5 Å². The third kappa shape index (κ3) is 3.39. The van der Waals surface area contributed by atoms with Gasteiger partial charge in [-0.05, 0) is 24.6 Å². The molecule has 0 saturated carbocycles. The van der Waals surface area contributed by atoms with E-state index in [9.17, 15) is 0 Å². The lowest BCUT2D eigenvalue weighted by atomic mass is 10.2. The average molecular weight is 298 g/mol. The molecule has 3 nitrogen and oxygen atoms in total. The highest BCUT2D eigenvalue weighted by Crippen LogP contribution is 2.34. The quantitative estimate of drug-likeness (QED) is 0.743. The van der Waals surface area contributed by atoms with Crippen molar-refractivity contribution in [2.75, 3.05) is 13.7 Å². The van der Waals surface area contributed by atoms with Crippen molar-refractivity contribution in [3.05, 3.63) is 29.3 Å². The molecule has 0 aliphatic carbocycles. The highest BCUT2D eigenvalue weighted by molar-refractivity contribution is 7.13. The van der Waals surface area contributed by atoms with Crippen LogP contribution in [-0.4, -0.2) is 18.7 Å². The maximum absolute atomic E-state index is 5.77. The first-order chi connectivity index (χ1) is 9.28. The van der Waals surface area contributed by atoms with Crippen LogP contribution in [0, 0.1) is 0 Å². The fraction of sp³-hybridized carbons (Fsp3) is 0.357. The first-order valence-electron chi connectivity index (χ1n) is 6.10. The monoisotopic (exact) mass is 297 g/mol. The minimum atomic E-state index is 0.436. The number of aromatic nitrogens is 1. The lowest BCUT2D eigenvalue weighted by Crippen LogP contribution is -1.98. The largest absolute Gasteiger partial charge is 0.493 e. The lowest BCUT2D eigenvalue weighted by Gasteiger charge is -2.10. The van der Waals surface area contributed by atoms with E-state index in [1.165, 1.54) is 0 Å². The highest BCUT2D eigenvalue weighted by Gasteiger charge is 2.09. The van der Waals surface area contributed by atoms with Crippen LogP contribution in [0.3, 0.4) is 0 Å². The van der Waals surface area contributed by atoms with Crippen LogP contribution in [0.1, 0.15) is 19.0 Å². The molecule has 0 aliphatic rings. The van der Waals surface area contributed by atoms with E-state index < -0.39 is 0 Å². The van der Waals surface area contributed by atoms with E-state index in [1.807, 2.05) is 23.6 Å². The molecule has 0 fully saturated rings. The SMILES string of the molecule is CCCOc1cc(-c2nc(CCl)cs2)ccc1OC. The van der Waals surface area contributed by atoms with Gasteiger partial charge in [0, 0.05) is 10.9 Å². The first-order valence-corrected chi connectivity index (χ1v) is 7.51. The molecule has 2 aromatic rings.